The van der Waals surface area contributed by atoms with Crippen molar-refractivity contribution in [2.24, 2.45) is 11.7 Å². The summed E-state index contributed by atoms with van der Waals surface area (Å²) in [6.45, 7) is 1.66. The van der Waals surface area contributed by atoms with Gasteiger partial charge in [0.2, 0.25) is 0 Å². The number of hydrogen-bond acceptors (Lipinski definition) is 7. The normalized spacial score (nSPS) is 14.9. The Morgan fingerprint density at radius 1 is 0.944 bits per heavy atom. The lowest BCUT2D eigenvalue weighted by Crippen LogP contribution is -2.52. The minimum Gasteiger partial charge on any atom is -0.497 e. The Labute approximate surface area is 211 Å². The first kappa shape index (κ1) is 27.3. The average Bonchev–Trinajstić information content (AvgIpc) is 2.89. The van der Waals surface area contributed by atoms with Gasteiger partial charge in [-0.15, -0.1) is 0 Å². The lowest BCUT2D eigenvalue weighted by Gasteiger charge is -2.30. The predicted molar refractivity (Wildman–Crippen MR) is 137 cm³/mol. The number of aliphatic hydroxyl groups excluding tert-OH is 1. The van der Waals surface area contributed by atoms with Crippen LogP contribution in [0.3, 0.4) is 0 Å². The lowest BCUT2D eigenvalue weighted by atomic mass is 9.89. The molecule has 4 N–H and O–H groups in total. The summed E-state index contributed by atoms with van der Waals surface area (Å²) in [5.74, 6) is -1.25. The molecule has 0 saturated carbocycles. The van der Waals surface area contributed by atoms with Gasteiger partial charge in [0.25, 0.3) is 5.91 Å². The molecule has 3 aromatic carbocycles. The third-order valence-corrected chi connectivity index (χ3v) is 8.16. The number of methoxy groups -OCH3 is 1. The van der Waals surface area contributed by atoms with Gasteiger partial charge < -0.3 is 15.6 Å². The number of carbonyl (C=O) groups is 1. The number of hydroxylamine groups is 1. The highest BCUT2D eigenvalue weighted by Crippen LogP contribution is 2.26. The van der Waals surface area contributed by atoms with Crippen LogP contribution in [0.1, 0.15) is 18.1 Å². The zero-order valence-electron chi connectivity index (χ0n) is 20.3. The maximum atomic E-state index is 13.6. The van der Waals surface area contributed by atoms with Crippen molar-refractivity contribution in [3.63, 3.8) is 0 Å². The fraction of sp³-hybridized carbons (Fsp3) is 0.296. The molecule has 0 fully saturated rings. The van der Waals surface area contributed by atoms with Crippen molar-refractivity contribution in [1.29, 1.82) is 0 Å². The van der Waals surface area contributed by atoms with Crippen LogP contribution in [0.2, 0.25) is 0 Å². The minimum atomic E-state index is -4.32. The van der Waals surface area contributed by atoms with Gasteiger partial charge in [-0.05, 0) is 47.7 Å². The van der Waals surface area contributed by atoms with Crippen LogP contribution >= 0.6 is 0 Å². The largest absolute Gasteiger partial charge is 0.497 e. The van der Waals surface area contributed by atoms with E-state index in [1.165, 1.54) is 31.4 Å². The molecule has 0 spiro atoms. The summed E-state index contributed by atoms with van der Waals surface area (Å²) in [6.07, 6.45) is -1.20. The molecular formula is C27H32N2O6S. The highest BCUT2D eigenvalue weighted by atomic mass is 32.2. The van der Waals surface area contributed by atoms with Crippen LogP contribution in [0.4, 0.5) is 0 Å². The van der Waals surface area contributed by atoms with E-state index in [9.17, 15) is 18.3 Å². The van der Waals surface area contributed by atoms with Crippen molar-refractivity contribution in [2.45, 2.75) is 42.2 Å². The molecule has 0 aliphatic rings. The maximum Gasteiger partial charge on any atom is 0.264 e. The number of hydrogen-bond donors (Lipinski definition) is 3. The second-order valence-corrected chi connectivity index (χ2v) is 10.7. The Morgan fingerprint density at radius 3 is 2.06 bits per heavy atom. The first-order valence-electron chi connectivity index (χ1n) is 11.5. The predicted octanol–water partition coefficient (Wildman–Crippen LogP) is 2.65. The summed E-state index contributed by atoms with van der Waals surface area (Å²) in [6, 6.07) is 23.5. The zero-order valence-corrected chi connectivity index (χ0v) is 21.1. The van der Waals surface area contributed by atoms with Gasteiger partial charge in [0.1, 0.15) is 5.75 Å². The van der Waals surface area contributed by atoms with Gasteiger partial charge in [-0.1, -0.05) is 67.6 Å². The maximum absolute atomic E-state index is 13.6. The van der Waals surface area contributed by atoms with Gasteiger partial charge in [-0.25, -0.2) is 13.9 Å². The third kappa shape index (κ3) is 6.92. The first-order valence-corrected chi connectivity index (χ1v) is 13.1. The molecule has 4 unspecified atom stereocenters. The number of carbonyl (C=O) groups excluding carboxylic acids is 1. The number of nitrogens with one attached hydrogen (secondary N) is 1. The van der Waals surface area contributed by atoms with Crippen LogP contribution in [0.5, 0.6) is 5.75 Å². The molecule has 0 heterocycles. The molecule has 1 amide bonds. The molecule has 3 aromatic rings. The van der Waals surface area contributed by atoms with Gasteiger partial charge in [0, 0.05) is 6.04 Å². The van der Waals surface area contributed by atoms with Crippen LogP contribution in [0, 0.1) is 5.92 Å². The van der Waals surface area contributed by atoms with E-state index in [1.54, 1.807) is 19.1 Å². The van der Waals surface area contributed by atoms with Gasteiger partial charge >= 0.3 is 0 Å². The van der Waals surface area contributed by atoms with Crippen LogP contribution in [0.15, 0.2) is 89.8 Å². The van der Waals surface area contributed by atoms with E-state index >= 15 is 0 Å². The van der Waals surface area contributed by atoms with Crippen molar-refractivity contribution >= 4 is 15.7 Å². The Morgan fingerprint density at radius 2 is 1.50 bits per heavy atom. The van der Waals surface area contributed by atoms with E-state index in [0.29, 0.717) is 12.2 Å². The van der Waals surface area contributed by atoms with Gasteiger partial charge in [0.15, 0.2) is 15.1 Å². The minimum absolute atomic E-state index is 0.0288. The fourth-order valence-corrected chi connectivity index (χ4v) is 5.57. The molecule has 9 heteroatoms. The molecule has 3 rings (SSSR count). The van der Waals surface area contributed by atoms with Crippen molar-refractivity contribution in [3.8, 4) is 5.75 Å². The van der Waals surface area contributed by atoms with Crippen molar-refractivity contribution in [3.05, 3.63) is 96.1 Å². The van der Waals surface area contributed by atoms with Crippen LogP contribution in [-0.2, 0) is 32.5 Å². The number of sulfone groups is 1. The number of aliphatic hydroxyl groups is 1. The van der Waals surface area contributed by atoms with Crippen molar-refractivity contribution < 1.29 is 27.9 Å². The van der Waals surface area contributed by atoms with Crippen LogP contribution < -0.4 is 16.0 Å². The first-order chi connectivity index (χ1) is 17.2. The summed E-state index contributed by atoms with van der Waals surface area (Å²) in [5, 5.41) is 9.36. The van der Waals surface area contributed by atoms with E-state index in [-0.39, 0.29) is 11.5 Å². The number of rotatable bonds is 12. The van der Waals surface area contributed by atoms with Gasteiger partial charge in [-0.2, -0.15) is 0 Å². The van der Waals surface area contributed by atoms with E-state index in [0.717, 1.165) is 11.1 Å². The Hall–Kier alpha value is -3.24. The summed E-state index contributed by atoms with van der Waals surface area (Å²) < 4.78 is 32.2. The quantitative estimate of drug-likeness (QED) is 0.318. The number of benzene rings is 3. The standard InChI is InChI=1S/C27H32N2O6S/c1-19(24(28)17-20-9-5-3-6-10-20)25(30)26(27(31)29-35-18-21-11-7-4-8-12-21)36(32,33)23-15-13-22(34-2)14-16-23/h3-16,19,24-26,30H,17-18,28H2,1-2H3,(H,29,31). The van der Waals surface area contributed by atoms with Gasteiger partial charge in [-0.3, -0.25) is 9.63 Å². The summed E-state index contributed by atoms with van der Waals surface area (Å²) in [4.78, 5) is 18.3. The van der Waals surface area contributed by atoms with Crippen molar-refractivity contribution in [1.82, 2.24) is 5.48 Å². The molecule has 0 bridgehead atoms. The van der Waals surface area contributed by atoms with Gasteiger partial charge in [0.05, 0.1) is 24.7 Å². The van der Waals surface area contributed by atoms with Crippen molar-refractivity contribution in [2.75, 3.05) is 7.11 Å². The molecular weight excluding hydrogens is 480 g/mol. The SMILES string of the molecule is COc1ccc(S(=O)(=O)C(C(=O)NOCc2ccccc2)C(O)C(C)C(N)Cc2ccccc2)cc1. The summed E-state index contributed by atoms with van der Waals surface area (Å²) in [7, 11) is -2.86. The van der Waals surface area contributed by atoms with E-state index in [1.807, 2.05) is 48.5 Å². The smallest absolute Gasteiger partial charge is 0.264 e. The average molecular weight is 513 g/mol. The second kappa shape index (κ2) is 12.6. The Kier molecular flexibility index (Phi) is 9.60. The van der Waals surface area contributed by atoms with Crippen LogP contribution in [0.25, 0.3) is 0 Å². The fourth-order valence-electron chi connectivity index (χ4n) is 3.82. The van der Waals surface area contributed by atoms with Crippen LogP contribution in [-0.4, -0.2) is 43.9 Å². The highest BCUT2D eigenvalue weighted by molar-refractivity contribution is 7.92. The second-order valence-electron chi connectivity index (χ2n) is 8.59. The molecule has 0 aliphatic carbocycles. The summed E-state index contributed by atoms with van der Waals surface area (Å²) >= 11 is 0. The lowest BCUT2D eigenvalue weighted by molar-refractivity contribution is -0.136. The third-order valence-electron chi connectivity index (χ3n) is 6.07. The van der Waals surface area contributed by atoms with E-state index < -0.39 is 39.1 Å². The summed E-state index contributed by atoms with van der Waals surface area (Å²) in [5.41, 5.74) is 10.3. The monoisotopic (exact) mass is 512 g/mol. The van der Waals surface area contributed by atoms with E-state index in [2.05, 4.69) is 5.48 Å². The number of amides is 1. The highest BCUT2D eigenvalue weighted by Gasteiger charge is 2.43. The molecule has 36 heavy (non-hydrogen) atoms. The molecule has 0 aromatic heterocycles. The molecule has 192 valence electrons. The topological polar surface area (TPSA) is 128 Å². The number of nitrogens with two attached hydrogens (primary N) is 1. The Bertz CT molecular complexity index is 1200. The molecule has 8 nitrogen and oxygen atoms in total. The zero-order chi connectivity index (χ0) is 26.1. The molecule has 0 saturated heterocycles. The molecule has 0 aliphatic heterocycles. The Balaban J connectivity index is 1.83. The van der Waals surface area contributed by atoms with E-state index in [4.69, 9.17) is 15.3 Å². The molecule has 0 radical (unpaired) electrons. The number of ether oxygens (including phenoxy) is 1. The molecule has 4 atom stereocenters.